The van der Waals surface area contributed by atoms with Crippen molar-refractivity contribution in [3.05, 3.63) is 53.9 Å². The Balaban J connectivity index is 1.55. The van der Waals surface area contributed by atoms with Crippen LogP contribution in [0.3, 0.4) is 0 Å². The molecule has 8 heteroatoms. The number of esters is 1. The van der Waals surface area contributed by atoms with Crippen molar-refractivity contribution in [2.75, 3.05) is 13.2 Å². The molecule has 4 rings (SSSR count). The molecule has 0 unspecified atom stereocenters. The van der Waals surface area contributed by atoms with Crippen molar-refractivity contribution in [3.63, 3.8) is 0 Å². The van der Waals surface area contributed by atoms with Crippen LogP contribution in [0.1, 0.15) is 44.5 Å². The molecule has 6 nitrogen and oxygen atoms in total. The van der Waals surface area contributed by atoms with E-state index in [1.165, 1.54) is 12.1 Å². The Morgan fingerprint density at radius 3 is 2.81 bits per heavy atom. The van der Waals surface area contributed by atoms with E-state index in [1.54, 1.807) is 30.0 Å². The lowest BCUT2D eigenvalue weighted by molar-refractivity contribution is -0.146. The first kappa shape index (κ1) is 21.0. The zero-order chi connectivity index (χ0) is 22.0. The van der Waals surface area contributed by atoms with Gasteiger partial charge in [0.1, 0.15) is 23.2 Å². The number of amides is 1. The molecular formula is C23H22F2N2O4. The molecule has 1 atom stereocenters. The largest absolute Gasteiger partial charge is 0.466 e. The van der Waals surface area contributed by atoms with Gasteiger partial charge in [-0.2, -0.15) is 0 Å². The van der Waals surface area contributed by atoms with Crippen molar-refractivity contribution in [2.45, 2.75) is 38.6 Å². The van der Waals surface area contributed by atoms with Crippen LogP contribution in [0.2, 0.25) is 0 Å². The number of benzene rings is 2. The van der Waals surface area contributed by atoms with Gasteiger partial charge in [0.15, 0.2) is 5.58 Å². The van der Waals surface area contributed by atoms with E-state index in [-0.39, 0.29) is 37.0 Å². The van der Waals surface area contributed by atoms with Gasteiger partial charge in [0.25, 0.3) is 0 Å². The molecule has 0 aliphatic carbocycles. The Morgan fingerprint density at radius 1 is 1.19 bits per heavy atom. The molecule has 31 heavy (non-hydrogen) atoms. The molecule has 1 aliphatic heterocycles. The molecule has 1 fully saturated rings. The second kappa shape index (κ2) is 8.83. The van der Waals surface area contributed by atoms with Crippen LogP contribution in [0.15, 0.2) is 40.8 Å². The summed E-state index contributed by atoms with van der Waals surface area (Å²) in [7, 11) is 0. The molecule has 0 saturated carbocycles. The first-order valence-corrected chi connectivity index (χ1v) is 10.3. The Hall–Kier alpha value is -3.29. The molecule has 2 aromatic carbocycles. The predicted molar refractivity (Wildman–Crippen MR) is 109 cm³/mol. The van der Waals surface area contributed by atoms with Crippen LogP contribution in [0.5, 0.6) is 0 Å². The second-order valence-electron chi connectivity index (χ2n) is 7.41. The number of aromatic nitrogens is 1. The number of fused-ring (bicyclic) bond motifs is 1. The maximum absolute atomic E-state index is 14.1. The highest BCUT2D eigenvalue weighted by atomic mass is 19.1. The summed E-state index contributed by atoms with van der Waals surface area (Å²) in [5.74, 6) is -1.42. The molecule has 3 aromatic rings. The molecule has 1 aliphatic rings. The third-order valence-electron chi connectivity index (χ3n) is 5.35. The highest BCUT2D eigenvalue weighted by Crippen LogP contribution is 2.35. The first-order valence-electron chi connectivity index (χ1n) is 10.3. The van der Waals surface area contributed by atoms with Crippen LogP contribution >= 0.6 is 0 Å². The molecular weight excluding hydrogens is 406 g/mol. The topological polar surface area (TPSA) is 72.6 Å². The van der Waals surface area contributed by atoms with Crippen molar-refractivity contribution in [1.29, 1.82) is 0 Å². The van der Waals surface area contributed by atoms with E-state index in [2.05, 4.69) is 4.98 Å². The molecule has 0 spiro atoms. The van der Waals surface area contributed by atoms with Crippen LogP contribution < -0.4 is 0 Å². The number of oxazole rings is 1. The van der Waals surface area contributed by atoms with Gasteiger partial charge in [0, 0.05) is 24.6 Å². The number of carbonyl (C=O) groups excluding carboxylic acids is 2. The zero-order valence-corrected chi connectivity index (χ0v) is 17.1. The van der Waals surface area contributed by atoms with Crippen LogP contribution in [0.4, 0.5) is 8.78 Å². The highest BCUT2D eigenvalue weighted by Gasteiger charge is 2.33. The van der Waals surface area contributed by atoms with E-state index in [4.69, 9.17) is 9.15 Å². The van der Waals surface area contributed by atoms with Gasteiger partial charge in [0.05, 0.1) is 13.0 Å². The summed E-state index contributed by atoms with van der Waals surface area (Å²) in [6, 6.07) is 8.17. The average Bonchev–Trinajstić information content (AvgIpc) is 3.38. The maximum atomic E-state index is 14.1. The lowest BCUT2D eigenvalue weighted by Gasteiger charge is -2.22. The molecule has 2 heterocycles. The Bertz CT molecular complexity index is 1130. The van der Waals surface area contributed by atoms with Gasteiger partial charge < -0.3 is 14.1 Å². The monoisotopic (exact) mass is 428 g/mol. The van der Waals surface area contributed by atoms with Gasteiger partial charge in [-0.1, -0.05) is 6.07 Å². The van der Waals surface area contributed by atoms with Gasteiger partial charge in [-0.25, -0.2) is 13.8 Å². The standard InChI is InChI=1S/C23H22F2N2O4/c1-2-30-22(29)10-9-21(28)27-11-3-4-19(27)23-26-18-12-14(5-8-20(18)31-23)16-7-6-15(24)13-17(16)25/h5-8,12-13,19H,2-4,9-11H2,1H3/t19-/m1/s1. The number of rotatable bonds is 6. The van der Waals surface area contributed by atoms with Crippen molar-refractivity contribution < 1.29 is 27.5 Å². The molecule has 1 amide bonds. The molecule has 0 radical (unpaired) electrons. The maximum Gasteiger partial charge on any atom is 0.306 e. The van der Waals surface area contributed by atoms with E-state index in [0.717, 1.165) is 12.5 Å². The summed E-state index contributed by atoms with van der Waals surface area (Å²) in [5, 5.41) is 0. The smallest absolute Gasteiger partial charge is 0.306 e. The van der Waals surface area contributed by atoms with E-state index in [1.807, 2.05) is 0 Å². The lowest BCUT2D eigenvalue weighted by atomic mass is 10.0. The normalized spacial score (nSPS) is 16.1. The summed E-state index contributed by atoms with van der Waals surface area (Å²) in [4.78, 5) is 30.4. The second-order valence-corrected chi connectivity index (χ2v) is 7.41. The summed E-state index contributed by atoms with van der Waals surface area (Å²) >= 11 is 0. The van der Waals surface area contributed by atoms with E-state index < -0.39 is 17.6 Å². The van der Waals surface area contributed by atoms with Crippen LogP contribution in [0, 0.1) is 11.6 Å². The minimum Gasteiger partial charge on any atom is -0.466 e. The van der Waals surface area contributed by atoms with Crippen molar-refractivity contribution in [3.8, 4) is 11.1 Å². The fourth-order valence-electron chi connectivity index (χ4n) is 3.89. The fourth-order valence-corrected chi connectivity index (χ4v) is 3.89. The van der Waals surface area contributed by atoms with Crippen LogP contribution in [-0.2, 0) is 14.3 Å². The van der Waals surface area contributed by atoms with Crippen molar-refractivity contribution in [2.24, 2.45) is 0 Å². The lowest BCUT2D eigenvalue weighted by Crippen LogP contribution is -2.31. The van der Waals surface area contributed by atoms with Crippen molar-refractivity contribution >= 4 is 23.0 Å². The Kier molecular flexibility index (Phi) is 5.97. The third kappa shape index (κ3) is 4.42. The minimum atomic E-state index is -0.655. The summed E-state index contributed by atoms with van der Waals surface area (Å²) in [6.07, 6.45) is 1.62. The Morgan fingerprint density at radius 2 is 2.03 bits per heavy atom. The predicted octanol–water partition coefficient (Wildman–Crippen LogP) is 4.78. The highest BCUT2D eigenvalue weighted by molar-refractivity contribution is 5.83. The number of nitrogens with zero attached hydrogens (tertiary/aromatic N) is 2. The molecule has 0 bridgehead atoms. The molecule has 162 valence electrons. The summed E-state index contributed by atoms with van der Waals surface area (Å²) in [5.41, 5.74) is 1.87. The number of ether oxygens (including phenoxy) is 1. The third-order valence-corrected chi connectivity index (χ3v) is 5.35. The molecule has 1 saturated heterocycles. The van der Waals surface area contributed by atoms with E-state index >= 15 is 0 Å². The summed E-state index contributed by atoms with van der Waals surface area (Å²) in [6.45, 7) is 2.57. The number of halogens is 2. The fraction of sp³-hybridized carbons (Fsp3) is 0.348. The van der Waals surface area contributed by atoms with Crippen molar-refractivity contribution in [1.82, 2.24) is 9.88 Å². The van der Waals surface area contributed by atoms with E-state index in [0.29, 0.717) is 35.5 Å². The quantitative estimate of drug-likeness (QED) is 0.529. The molecule has 0 N–H and O–H groups in total. The molecule has 1 aromatic heterocycles. The van der Waals surface area contributed by atoms with Gasteiger partial charge in [-0.05, 0) is 49.6 Å². The zero-order valence-electron chi connectivity index (χ0n) is 17.1. The van der Waals surface area contributed by atoms with Crippen LogP contribution in [-0.4, -0.2) is 34.9 Å². The van der Waals surface area contributed by atoms with Gasteiger partial charge in [0.2, 0.25) is 11.8 Å². The number of likely N-dealkylation sites (tertiary alicyclic amines) is 1. The van der Waals surface area contributed by atoms with Crippen LogP contribution in [0.25, 0.3) is 22.2 Å². The summed E-state index contributed by atoms with van der Waals surface area (Å²) < 4.78 is 38.1. The van der Waals surface area contributed by atoms with Gasteiger partial charge in [-0.15, -0.1) is 0 Å². The van der Waals surface area contributed by atoms with E-state index in [9.17, 15) is 18.4 Å². The number of hydrogen-bond donors (Lipinski definition) is 0. The van der Waals surface area contributed by atoms with Gasteiger partial charge in [-0.3, -0.25) is 9.59 Å². The average molecular weight is 428 g/mol. The van der Waals surface area contributed by atoms with Gasteiger partial charge >= 0.3 is 5.97 Å². The SMILES string of the molecule is CCOC(=O)CCC(=O)N1CCC[C@@H]1c1nc2cc(-c3ccc(F)cc3F)ccc2o1. The number of hydrogen-bond acceptors (Lipinski definition) is 5. The number of carbonyl (C=O) groups is 2. The minimum absolute atomic E-state index is 0.0377. The first-order chi connectivity index (χ1) is 15.0. The Labute approximate surface area is 177 Å².